The van der Waals surface area contributed by atoms with Crippen LogP contribution in [0.3, 0.4) is 0 Å². The number of hydrogen-bond donors (Lipinski definition) is 0. The van der Waals surface area contributed by atoms with Gasteiger partial charge in [-0.15, -0.1) is 0 Å². The molecule has 1 heterocycles. The number of hydrogen-bond acceptors (Lipinski definition) is 3. The minimum absolute atomic E-state index is 0.416. The Bertz CT molecular complexity index is 460. The molecule has 1 aromatic rings. The van der Waals surface area contributed by atoms with Gasteiger partial charge in [-0.3, -0.25) is 14.4 Å². The van der Waals surface area contributed by atoms with Crippen molar-refractivity contribution in [2.24, 2.45) is 7.05 Å². The number of ketones is 1. The number of halogens is 1. The zero-order chi connectivity index (χ0) is 14.0. The number of aryl methyl sites for hydroxylation is 2. The largest absolute Gasteiger partial charge is 0.300 e. The summed E-state index contributed by atoms with van der Waals surface area (Å²) in [6.45, 7) is 3.00. The molecule has 0 amide bonds. The summed E-state index contributed by atoms with van der Waals surface area (Å²) < 4.78 is 3.10. The second-order valence-corrected chi connectivity index (χ2v) is 6.16. The van der Waals surface area contributed by atoms with Crippen molar-refractivity contribution in [3.05, 3.63) is 15.9 Å². The molecule has 1 aliphatic carbocycles. The second-order valence-electron chi connectivity index (χ2n) is 5.37. The van der Waals surface area contributed by atoms with E-state index in [0.29, 0.717) is 11.8 Å². The molecule has 1 aromatic heterocycles. The van der Waals surface area contributed by atoms with Crippen LogP contribution >= 0.6 is 15.9 Å². The van der Waals surface area contributed by atoms with Crippen LogP contribution in [0.15, 0.2) is 4.47 Å². The fourth-order valence-corrected chi connectivity index (χ4v) is 3.46. The van der Waals surface area contributed by atoms with Crippen LogP contribution in [-0.4, -0.2) is 33.6 Å². The minimum atomic E-state index is 0.416. The highest BCUT2D eigenvalue weighted by Crippen LogP contribution is 2.25. The number of Topliss-reactive ketones (excluding diaryl/α,β-unsaturated/α-hetero) is 1. The van der Waals surface area contributed by atoms with Crippen LogP contribution in [0.1, 0.15) is 44.0 Å². The monoisotopic (exact) mass is 327 g/mol. The molecule has 19 heavy (non-hydrogen) atoms. The molecule has 0 N–H and O–H groups in total. The maximum Gasteiger partial charge on any atom is 0.133 e. The van der Waals surface area contributed by atoms with Crippen molar-refractivity contribution in [3.8, 4) is 0 Å². The number of carbonyl (C=O) groups excluding carboxylic acids is 1. The SMILES string of the molecule is CCc1nn(C)c(CN(C)C2CCC(=O)CC2)c1Br. The molecular weight excluding hydrogens is 306 g/mol. The molecule has 0 bridgehead atoms. The first-order chi connectivity index (χ1) is 9.02. The number of nitrogens with zero attached hydrogens (tertiary/aromatic N) is 3. The van der Waals surface area contributed by atoms with Crippen LogP contribution in [0.4, 0.5) is 0 Å². The molecule has 0 aromatic carbocycles. The van der Waals surface area contributed by atoms with E-state index >= 15 is 0 Å². The van der Waals surface area contributed by atoms with E-state index in [1.165, 1.54) is 5.69 Å². The first-order valence-corrected chi connectivity index (χ1v) is 7.74. The Kier molecular flexibility index (Phi) is 4.79. The van der Waals surface area contributed by atoms with Gasteiger partial charge in [0.25, 0.3) is 0 Å². The zero-order valence-electron chi connectivity index (χ0n) is 11.9. The van der Waals surface area contributed by atoms with E-state index < -0.39 is 0 Å². The first-order valence-electron chi connectivity index (χ1n) is 6.95. The Hall–Kier alpha value is -0.680. The standard InChI is InChI=1S/C14H22BrN3O/c1-4-12-14(15)13(18(3)16-12)9-17(2)10-5-7-11(19)8-6-10/h10H,4-9H2,1-3H3. The lowest BCUT2D eigenvalue weighted by Gasteiger charge is -2.30. The van der Waals surface area contributed by atoms with Crippen molar-refractivity contribution in [1.29, 1.82) is 0 Å². The molecule has 106 valence electrons. The van der Waals surface area contributed by atoms with Crippen molar-refractivity contribution < 1.29 is 4.79 Å². The third-order valence-corrected chi connectivity index (χ3v) is 4.95. The molecule has 0 spiro atoms. The van der Waals surface area contributed by atoms with E-state index in [9.17, 15) is 4.79 Å². The van der Waals surface area contributed by atoms with Gasteiger partial charge in [0.05, 0.1) is 15.9 Å². The van der Waals surface area contributed by atoms with E-state index in [1.54, 1.807) is 0 Å². The van der Waals surface area contributed by atoms with Crippen LogP contribution in [0.2, 0.25) is 0 Å². The third kappa shape index (κ3) is 3.26. The van der Waals surface area contributed by atoms with Gasteiger partial charge in [0.15, 0.2) is 0 Å². The van der Waals surface area contributed by atoms with Crippen LogP contribution in [0.25, 0.3) is 0 Å². The van der Waals surface area contributed by atoms with Gasteiger partial charge in [-0.2, -0.15) is 5.10 Å². The van der Waals surface area contributed by atoms with Crippen LogP contribution in [0, 0.1) is 0 Å². The first kappa shape index (κ1) is 14.7. The molecule has 5 heteroatoms. The average Bonchev–Trinajstić information content (AvgIpc) is 2.67. The number of aromatic nitrogens is 2. The van der Waals surface area contributed by atoms with E-state index in [4.69, 9.17) is 0 Å². The van der Waals surface area contributed by atoms with Gasteiger partial charge in [0.1, 0.15) is 5.78 Å². The Morgan fingerprint density at radius 2 is 2.05 bits per heavy atom. The quantitative estimate of drug-likeness (QED) is 0.853. The summed E-state index contributed by atoms with van der Waals surface area (Å²) in [7, 11) is 4.14. The van der Waals surface area contributed by atoms with E-state index in [1.807, 2.05) is 11.7 Å². The molecule has 1 saturated carbocycles. The molecular formula is C14H22BrN3O. The Labute approximate surface area is 123 Å². The summed E-state index contributed by atoms with van der Waals surface area (Å²) >= 11 is 3.66. The topological polar surface area (TPSA) is 38.1 Å². The minimum Gasteiger partial charge on any atom is -0.300 e. The second kappa shape index (κ2) is 6.18. The van der Waals surface area contributed by atoms with Gasteiger partial charge in [0, 0.05) is 32.5 Å². The molecule has 1 fully saturated rings. The molecule has 0 saturated heterocycles. The molecule has 0 aliphatic heterocycles. The predicted octanol–water partition coefficient (Wildman–Crippen LogP) is 2.69. The molecule has 0 radical (unpaired) electrons. The van der Waals surface area contributed by atoms with Gasteiger partial charge in [-0.05, 0) is 42.2 Å². The summed E-state index contributed by atoms with van der Waals surface area (Å²) in [4.78, 5) is 13.7. The summed E-state index contributed by atoms with van der Waals surface area (Å²) in [6, 6.07) is 0.518. The zero-order valence-corrected chi connectivity index (χ0v) is 13.5. The number of rotatable bonds is 4. The highest BCUT2D eigenvalue weighted by molar-refractivity contribution is 9.10. The maximum atomic E-state index is 11.3. The van der Waals surface area contributed by atoms with Gasteiger partial charge in [-0.25, -0.2) is 0 Å². The van der Waals surface area contributed by atoms with Crippen LogP contribution in [-0.2, 0) is 24.8 Å². The summed E-state index contributed by atoms with van der Waals surface area (Å²) in [5.74, 6) is 0.416. The average molecular weight is 328 g/mol. The summed E-state index contributed by atoms with van der Waals surface area (Å²) in [5, 5.41) is 4.53. The van der Waals surface area contributed by atoms with Crippen molar-refractivity contribution in [2.45, 2.75) is 51.6 Å². The smallest absolute Gasteiger partial charge is 0.133 e. The van der Waals surface area contributed by atoms with Gasteiger partial charge in [0.2, 0.25) is 0 Å². The van der Waals surface area contributed by atoms with Crippen molar-refractivity contribution >= 4 is 21.7 Å². The molecule has 0 unspecified atom stereocenters. The molecule has 2 rings (SSSR count). The molecule has 1 aliphatic rings. The van der Waals surface area contributed by atoms with Crippen LogP contribution in [0.5, 0.6) is 0 Å². The molecule has 0 atom stereocenters. The van der Waals surface area contributed by atoms with E-state index in [-0.39, 0.29) is 0 Å². The lowest BCUT2D eigenvalue weighted by molar-refractivity contribution is -0.121. The van der Waals surface area contributed by atoms with E-state index in [2.05, 4.69) is 39.9 Å². The van der Waals surface area contributed by atoms with Crippen molar-refractivity contribution in [2.75, 3.05) is 7.05 Å². The predicted molar refractivity (Wildman–Crippen MR) is 79.0 cm³/mol. The van der Waals surface area contributed by atoms with E-state index in [0.717, 1.165) is 48.8 Å². The Balaban J connectivity index is 2.04. The Morgan fingerprint density at radius 1 is 1.42 bits per heavy atom. The third-order valence-electron chi connectivity index (χ3n) is 4.04. The fourth-order valence-electron chi connectivity index (χ4n) is 2.72. The normalized spacial score (nSPS) is 17.4. The number of carbonyl (C=O) groups is 1. The van der Waals surface area contributed by atoms with Crippen molar-refractivity contribution in [3.63, 3.8) is 0 Å². The maximum absolute atomic E-state index is 11.3. The summed E-state index contributed by atoms with van der Waals surface area (Å²) in [5.41, 5.74) is 2.33. The van der Waals surface area contributed by atoms with Gasteiger partial charge < -0.3 is 0 Å². The fraction of sp³-hybridized carbons (Fsp3) is 0.714. The van der Waals surface area contributed by atoms with Crippen molar-refractivity contribution in [1.82, 2.24) is 14.7 Å². The van der Waals surface area contributed by atoms with Gasteiger partial charge in [-0.1, -0.05) is 6.92 Å². The van der Waals surface area contributed by atoms with Crippen LogP contribution < -0.4 is 0 Å². The summed E-state index contributed by atoms with van der Waals surface area (Å²) in [6.07, 6.45) is 4.40. The Morgan fingerprint density at radius 3 is 2.58 bits per heavy atom. The van der Waals surface area contributed by atoms with Gasteiger partial charge >= 0.3 is 0 Å². The molecule has 4 nitrogen and oxygen atoms in total. The lowest BCUT2D eigenvalue weighted by Crippen LogP contribution is -2.35. The highest BCUT2D eigenvalue weighted by atomic mass is 79.9. The lowest BCUT2D eigenvalue weighted by atomic mass is 9.93. The highest BCUT2D eigenvalue weighted by Gasteiger charge is 2.24.